The maximum absolute atomic E-state index is 13.9. The zero-order chi connectivity index (χ0) is 26.4. The third-order valence-electron chi connectivity index (χ3n) is 7.27. The van der Waals surface area contributed by atoms with Crippen LogP contribution in [-0.4, -0.2) is 35.8 Å². The van der Waals surface area contributed by atoms with E-state index >= 15 is 0 Å². The van der Waals surface area contributed by atoms with Crippen LogP contribution in [0.1, 0.15) is 42.1 Å². The van der Waals surface area contributed by atoms with E-state index in [1.165, 1.54) is 6.33 Å². The quantitative estimate of drug-likeness (QED) is 0.281. The van der Waals surface area contributed by atoms with Gasteiger partial charge in [-0.3, -0.25) is 14.2 Å². The van der Waals surface area contributed by atoms with E-state index in [1.54, 1.807) is 9.25 Å². The van der Waals surface area contributed by atoms with Gasteiger partial charge in [-0.1, -0.05) is 36.4 Å². The highest BCUT2D eigenvalue weighted by Crippen LogP contribution is 2.35. The topological polar surface area (TPSA) is 147 Å². The third-order valence-corrected chi connectivity index (χ3v) is 7.27. The molecular formula is C28H26N8O2. The van der Waals surface area contributed by atoms with E-state index in [2.05, 4.69) is 15.1 Å². The van der Waals surface area contributed by atoms with E-state index in [1.807, 2.05) is 61.5 Å². The van der Waals surface area contributed by atoms with Crippen LogP contribution in [0, 0.1) is 6.92 Å². The van der Waals surface area contributed by atoms with Gasteiger partial charge in [-0.25, -0.2) is 14.6 Å². The van der Waals surface area contributed by atoms with Crippen molar-refractivity contribution in [2.24, 2.45) is 10.9 Å². The van der Waals surface area contributed by atoms with E-state index in [0.29, 0.717) is 46.5 Å². The number of para-hydroxylation sites is 1. The monoisotopic (exact) mass is 506 g/mol. The van der Waals surface area contributed by atoms with Gasteiger partial charge >= 0.3 is 0 Å². The zero-order valence-electron chi connectivity index (χ0n) is 20.8. The van der Waals surface area contributed by atoms with Crippen molar-refractivity contribution in [3.63, 3.8) is 0 Å². The normalized spacial score (nSPS) is 17.0. The lowest BCUT2D eigenvalue weighted by Gasteiger charge is -2.20. The number of hydrogen-bond acceptors (Lipinski definition) is 8. The van der Waals surface area contributed by atoms with Crippen molar-refractivity contribution in [2.45, 2.75) is 38.6 Å². The number of rotatable bonds is 4. The second-order valence-corrected chi connectivity index (χ2v) is 9.59. The lowest BCUT2D eigenvalue weighted by Crippen LogP contribution is -2.26. The van der Waals surface area contributed by atoms with Crippen LogP contribution in [0.5, 0.6) is 0 Å². The van der Waals surface area contributed by atoms with E-state index in [-0.39, 0.29) is 30.2 Å². The largest absolute Gasteiger partial charge is 0.383 e. The van der Waals surface area contributed by atoms with Crippen molar-refractivity contribution in [3.8, 4) is 5.69 Å². The van der Waals surface area contributed by atoms with Gasteiger partial charge in [0.2, 0.25) is 0 Å². The Kier molecular flexibility index (Phi) is 5.71. The van der Waals surface area contributed by atoms with E-state index in [4.69, 9.17) is 16.7 Å². The summed E-state index contributed by atoms with van der Waals surface area (Å²) in [5.41, 5.74) is 10.2. The smallest absolute Gasteiger partial charge is 0.263 e. The Labute approximate surface area is 217 Å². The minimum absolute atomic E-state index is 0.0929. The molecule has 1 aliphatic rings. The minimum atomic E-state index is -0.166. The molecule has 4 N–H and O–H groups in total. The standard InChI is InChI=1S/C28H26N8O2/c1-16-6-5-7-17-12-20(36(28(38)23(16)17)19-8-3-2-4-9-19)14-35-27-24(26(29)31-15-32-27)25(34-35)18-10-11-21(33-30)22(37)13-18/h2-9,12,15,18H,10-11,13-14,30H2,1H3,(H2,29,31,32)/b33-21+. The summed E-state index contributed by atoms with van der Waals surface area (Å²) < 4.78 is 3.47. The average molecular weight is 507 g/mol. The summed E-state index contributed by atoms with van der Waals surface area (Å²) in [5.74, 6) is 5.43. The fourth-order valence-electron chi connectivity index (χ4n) is 5.44. The molecule has 190 valence electrons. The number of Topliss-reactive ketones (excluding diaryl/α,β-unsaturated/α-hetero) is 1. The summed E-state index contributed by atoms with van der Waals surface area (Å²) in [6.45, 7) is 2.20. The minimum Gasteiger partial charge on any atom is -0.383 e. The Morgan fingerprint density at radius 1 is 1.05 bits per heavy atom. The molecule has 0 amide bonds. The molecule has 2 aromatic carbocycles. The molecule has 10 heteroatoms. The van der Waals surface area contributed by atoms with Gasteiger partial charge in [0.05, 0.1) is 23.0 Å². The van der Waals surface area contributed by atoms with Gasteiger partial charge < -0.3 is 11.6 Å². The van der Waals surface area contributed by atoms with Crippen molar-refractivity contribution in [1.29, 1.82) is 0 Å². The molecule has 0 spiro atoms. The molecule has 0 radical (unpaired) electrons. The Bertz CT molecular complexity index is 1800. The summed E-state index contributed by atoms with van der Waals surface area (Å²) in [6, 6.07) is 17.4. The van der Waals surface area contributed by atoms with Gasteiger partial charge in [0.15, 0.2) is 11.4 Å². The van der Waals surface area contributed by atoms with Crippen molar-refractivity contribution >= 4 is 39.1 Å². The molecule has 0 bridgehead atoms. The third kappa shape index (κ3) is 3.81. The second kappa shape index (κ2) is 9.22. The molecule has 1 atom stereocenters. The Balaban J connectivity index is 1.53. The van der Waals surface area contributed by atoms with Gasteiger partial charge in [-0.05, 0) is 48.9 Å². The molecule has 1 unspecified atom stereocenters. The van der Waals surface area contributed by atoms with E-state index in [0.717, 1.165) is 22.3 Å². The van der Waals surface area contributed by atoms with Gasteiger partial charge in [-0.15, -0.1) is 0 Å². The summed E-state index contributed by atoms with van der Waals surface area (Å²) in [5, 5.41) is 10.7. The molecule has 1 saturated carbocycles. The molecule has 6 rings (SSSR count). The maximum Gasteiger partial charge on any atom is 0.263 e. The van der Waals surface area contributed by atoms with Crippen LogP contribution >= 0.6 is 0 Å². The number of ketones is 1. The molecule has 5 aromatic rings. The first-order chi connectivity index (χ1) is 18.5. The lowest BCUT2D eigenvalue weighted by molar-refractivity contribution is -0.114. The summed E-state index contributed by atoms with van der Waals surface area (Å²) in [7, 11) is 0. The number of aryl methyl sites for hydroxylation is 1. The Hall–Kier alpha value is -4.86. The fraction of sp³-hybridized carbons (Fsp3) is 0.214. The van der Waals surface area contributed by atoms with Crippen LogP contribution < -0.4 is 17.1 Å². The van der Waals surface area contributed by atoms with Gasteiger partial charge in [0.25, 0.3) is 5.56 Å². The van der Waals surface area contributed by atoms with Crippen molar-refractivity contribution in [1.82, 2.24) is 24.3 Å². The average Bonchev–Trinajstić information content (AvgIpc) is 3.28. The van der Waals surface area contributed by atoms with Crippen molar-refractivity contribution in [3.05, 3.63) is 88.2 Å². The number of carbonyl (C=O) groups is 1. The predicted octanol–water partition coefficient (Wildman–Crippen LogP) is 3.22. The molecule has 3 aromatic heterocycles. The van der Waals surface area contributed by atoms with Crippen molar-refractivity contribution in [2.75, 3.05) is 5.73 Å². The van der Waals surface area contributed by atoms with Crippen LogP contribution in [0.4, 0.5) is 5.82 Å². The number of aromatic nitrogens is 5. The number of anilines is 1. The maximum atomic E-state index is 13.9. The highest BCUT2D eigenvalue weighted by atomic mass is 16.1. The molecule has 0 aliphatic heterocycles. The lowest BCUT2D eigenvalue weighted by atomic mass is 9.84. The number of nitrogens with zero attached hydrogens (tertiary/aromatic N) is 6. The van der Waals surface area contributed by atoms with E-state index < -0.39 is 0 Å². The van der Waals surface area contributed by atoms with Gasteiger partial charge in [0.1, 0.15) is 17.9 Å². The highest BCUT2D eigenvalue weighted by Gasteiger charge is 2.31. The fourth-order valence-corrected chi connectivity index (χ4v) is 5.44. The molecular weight excluding hydrogens is 480 g/mol. The molecule has 0 saturated heterocycles. The van der Waals surface area contributed by atoms with Crippen LogP contribution in [0.15, 0.2) is 70.8 Å². The number of hydrogen-bond donors (Lipinski definition) is 2. The van der Waals surface area contributed by atoms with Crippen LogP contribution in [0.3, 0.4) is 0 Å². The predicted molar refractivity (Wildman–Crippen MR) is 146 cm³/mol. The van der Waals surface area contributed by atoms with Crippen molar-refractivity contribution < 1.29 is 4.79 Å². The van der Waals surface area contributed by atoms with E-state index in [9.17, 15) is 9.59 Å². The second-order valence-electron chi connectivity index (χ2n) is 9.59. The molecule has 1 aliphatic carbocycles. The summed E-state index contributed by atoms with van der Waals surface area (Å²) in [6.07, 6.45) is 2.77. The van der Waals surface area contributed by atoms with Crippen LogP contribution in [0.25, 0.3) is 27.5 Å². The Morgan fingerprint density at radius 2 is 1.87 bits per heavy atom. The number of nitrogens with two attached hydrogens (primary N) is 2. The summed E-state index contributed by atoms with van der Waals surface area (Å²) >= 11 is 0. The molecule has 38 heavy (non-hydrogen) atoms. The number of benzene rings is 2. The van der Waals surface area contributed by atoms with Gasteiger partial charge in [-0.2, -0.15) is 10.2 Å². The number of hydrazone groups is 1. The molecule has 10 nitrogen and oxygen atoms in total. The van der Waals surface area contributed by atoms with Crippen LogP contribution in [0.2, 0.25) is 0 Å². The molecule has 1 fully saturated rings. The highest BCUT2D eigenvalue weighted by molar-refractivity contribution is 6.40. The first-order valence-electron chi connectivity index (χ1n) is 12.4. The first kappa shape index (κ1) is 23.5. The number of pyridine rings is 1. The molecule has 3 heterocycles. The zero-order valence-corrected chi connectivity index (χ0v) is 20.8. The number of fused-ring (bicyclic) bond motifs is 2. The Morgan fingerprint density at radius 3 is 2.63 bits per heavy atom. The number of nitrogen functional groups attached to an aromatic ring is 1. The SMILES string of the molecule is Cc1cccc2cc(Cn3nc(C4CC/C(=N\N)C(=O)C4)c4c(N)ncnc43)n(-c3ccccc3)c(=O)c12. The van der Waals surface area contributed by atoms with Crippen LogP contribution in [-0.2, 0) is 11.3 Å². The first-order valence-corrected chi connectivity index (χ1v) is 12.4. The van der Waals surface area contributed by atoms with Gasteiger partial charge in [0, 0.05) is 23.7 Å². The summed E-state index contributed by atoms with van der Waals surface area (Å²) in [4.78, 5) is 35.1. The number of carbonyl (C=O) groups excluding carboxylic acids is 1.